The zero-order valence-electron chi connectivity index (χ0n) is 21.5. The van der Waals surface area contributed by atoms with E-state index in [1.807, 2.05) is 32.0 Å². The highest BCUT2D eigenvalue weighted by atomic mass is 35.5. The molecule has 0 aliphatic carbocycles. The number of nitriles is 1. The normalized spacial score (nSPS) is 18.1. The van der Waals surface area contributed by atoms with E-state index in [-0.39, 0.29) is 24.8 Å². The first-order valence-corrected chi connectivity index (χ1v) is 12.7. The molecule has 0 bridgehead atoms. The van der Waals surface area contributed by atoms with Crippen molar-refractivity contribution in [1.82, 2.24) is 10.2 Å². The Balaban J connectivity index is 1.70. The third-order valence-electron chi connectivity index (χ3n) is 6.31. The van der Waals surface area contributed by atoms with E-state index < -0.39 is 35.6 Å². The number of ether oxygens (including phenoxy) is 1. The molecule has 2 aromatic rings. The Morgan fingerprint density at radius 2 is 1.86 bits per heavy atom. The van der Waals surface area contributed by atoms with E-state index in [9.17, 15) is 19.6 Å². The van der Waals surface area contributed by atoms with Crippen LogP contribution in [-0.4, -0.2) is 41.4 Å². The van der Waals surface area contributed by atoms with E-state index in [1.165, 1.54) is 4.90 Å². The number of amides is 3. The molecule has 0 aromatic heterocycles. The van der Waals surface area contributed by atoms with Gasteiger partial charge in [0, 0.05) is 17.3 Å². The van der Waals surface area contributed by atoms with E-state index in [0.29, 0.717) is 22.7 Å². The molecule has 196 valence electrons. The largest absolute Gasteiger partial charge is 0.439 e. The van der Waals surface area contributed by atoms with Gasteiger partial charge in [0.2, 0.25) is 11.8 Å². The molecule has 3 rings (SSSR count). The second-order valence-electron chi connectivity index (χ2n) is 10.2. The number of carbonyl (C=O) groups excluding carboxylic acids is 3. The molecule has 1 saturated heterocycles. The molecular formula is C28H33ClN4O4. The van der Waals surface area contributed by atoms with Gasteiger partial charge in [-0.2, -0.15) is 5.26 Å². The Morgan fingerprint density at radius 1 is 1.16 bits per heavy atom. The van der Waals surface area contributed by atoms with Gasteiger partial charge in [0.05, 0.1) is 12.0 Å². The number of para-hydroxylation sites is 1. The van der Waals surface area contributed by atoms with E-state index >= 15 is 0 Å². The van der Waals surface area contributed by atoms with Crippen molar-refractivity contribution < 1.29 is 19.1 Å². The predicted molar refractivity (Wildman–Crippen MR) is 142 cm³/mol. The summed E-state index contributed by atoms with van der Waals surface area (Å²) >= 11 is 6.09. The standard InChI is InChI=1S/C28H33ClN4O4/c1-18(2)13-24(32-27(36)37-28(3,4)20-9-8-10-21(29)15-20)26(35)33-17-19(14-23(33)16-30)25(34)31-22-11-6-5-7-12-22/h5-12,15,18-19,23-24H,13-14,17H2,1-4H3,(H,31,34)(H,32,36). The lowest BCUT2D eigenvalue weighted by atomic mass is 9.98. The highest BCUT2D eigenvalue weighted by molar-refractivity contribution is 6.30. The second-order valence-corrected chi connectivity index (χ2v) is 10.6. The Morgan fingerprint density at radius 3 is 2.49 bits per heavy atom. The summed E-state index contributed by atoms with van der Waals surface area (Å²) in [5.74, 6) is -1.12. The minimum Gasteiger partial charge on any atom is -0.439 e. The van der Waals surface area contributed by atoms with Gasteiger partial charge in [-0.25, -0.2) is 4.79 Å². The number of likely N-dealkylation sites (tertiary alicyclic amines) is 1. The number of hydrogen-bond acceptors (Lipinski definition) is 5. The van der Waals surface area contributed by atoms with Crippen LogP contribution in [0.1, 0.15) is 46.1 Å². The molecule has 37 heavy (non-hydrogen) atoms. The number of nitrogens with one attached hydrogen (secondary N) is 2. The molecule has 8 nitrogen and oxygen atoms in total. The minimum absolute atomic E-state index is 0.0792. The number of rotatable bonds is 8. The van der Waals surface area contributed by atoms with Crippen LogP contribution in [0.15, 0.2) is 54.6 Å². The van der Waals surface area contributed by atoms with Crippen molar-refractivity contribution in [2.75, 3.05) is 11.9 Å². The molecule has 3 atom stereocenters. The lowest BCUT2D eigenvalue weighted by molar-refractivity contribution is -0.134. The van der Waals surface area contributed by atoms with Crippen LogP contribution < -0.4 is 10.6 Å². The van der Waals surface area contributed by atoms with Crippen LogP contribution in [0.4, 0.5) is 10.5 Å². The topological polar surface area (TPSA) is 112 Å². The number of halogens is 1. The van der Waals surface area contributed by atoms with E-state index in [2.05, 4.69) is 16.7 Å². The van der Waals surface area contributed by atoms with E-state index in [1.54, 1.807) is 50.2 Å². The summed E-state index contributed by atoms with van der Waals surface area (Å²) in [6.45, 7) is 7.43. The van der Waals surface area contributed by atoms with Crippen LogP contribution in [0.2, 0.25) is 5.02 Å². The van der Waals surface area contributed by atoms with Gasteiger partial charge in [-0.1, -0.05) is 55.8 Å². The summed E-state index contributed by atoms with van der Waals surface area (Å²) in [7, 11) is 0. The summed E-state index contributed by atoms with van der Waals surface area (Å²) in [5.41, 5.74) is 0.359. The highest BCUT2D eigenvalue weighted by Crippen LogP contribution is 2.28. The Labute approximate surface area is 222 Å². The molecular weight excluding hydrogens is 492 g/mol. The van der Waals surface area contributed by atoms with Crippen molar-refractivity contribution in [2.45, 2.75) is 58.2 Å². The van der Waals surface area contributed by atoms with Gasteiger partial charge >= 0.3 is 6.09 Å². The van der Waals surface area contributed by atoms with Crippen LogP contribution in [-0.2, 0) is 19.9 Å². The lowest BCUT2D eigenvalue weighted by Crippen LogP contribution is -2.51. The fourth-order valence-electron chi connectivity index (χ4n) is 4.38. The molecule has 1 aliphatic heterocycles. The quantitative estimate of drug-likeness (QED) is 0.499. The Bertz CT molecular complexity index is 1160. The summed E-state index contributed by atoms with van der Waals surface area (Å²) in [6.07, 6.45) is -0.183. The number of benzene rings is 2. The summed E-state index contributed by atoms with van der Waals surface area (Å²) in [5, 5.41) is 15.8. The maximum atomic E-state index is 13.5. The zero-order chi connectivity index (χ0) is 27.2. The first kappa shape index (κ1) is 28.0. The third-order valence-corrected chi connectivity index (χ3v) is 6.55. The number of hydrogen-bond donors (Lipinski definition) is 2. The van der Waals surface area contributed by atoms with Crippen molar-refractivity contribution in [3.05, 3.63) is 65.2 Å². The molecule has 3 amide bonds. The van der Waals surface area contributed by atoms with E-state index in [4.69, 9.17) is 16.3 Å². The summed E-state index contributed by atoms with van der Waals surface area (Å²) in [4.78, 5) is 40.7. The van der Waals surface area contributed by atoms with Crippen LogP contribution in [0, 0.1) is 23.2 Å². The highest BCUT2D eigenvalue weighted by Gasteiger charge is 2.42. The summed E-state index contributed by atoms with van der Waals surface area (Å²) < 4.78 is 5.67. The zero-order valence-corrected chi connectivity index (χ0v) is 22.3. The SMILES string of the molecule is CC(C)CC(NC(=O)OC(C)(C)c1cccc(Cl)c1)C(=O)N1CC(C(=O)Nc2ccccc2)CC1C#N. The fourth-order valence-corrected chi connectivity index (χ4v) is 4.57. The minimum atomic E-state index is -0.996. The first-order chi connectivity index (χ1) is 17.5. The second kappa shape index (κ2) is 12.1. The average Bonchev–Trinajstić information content (AvgIpc) is 3.28. The summed E-state index contributed by atoms with van der Waals surface area (Å²) in [6, 6.07) is 16.5. The number of alkyl carbamates (subject to hydrolysis) is 1. The molecule has 0 spiro atoms. The Hall–Kier alpha value is -3.57. The molecule has 2 N–H and O–H groups in total. The molecule has 1 aliphatic rings. The van der Waals surface area contributed by atoms with Gasteiger partial charge in [0.25, 0.3) is 0 Å². The van der Waals surface area contributed by atoms with Crippen LogP contribution in [0.5, 0.6) is 0 Å². The number of anilines is 1. The van der Waals surface area contributed by atoms with Crippen molar-refractivity contribution in [3.63, 3.8) is 0 Å². The molecule has 3 unspecified atom stereocenters. The van der Waals surface area contributed by atoms with Gasteiger partial charge in [0.1, 0.15) is 17.7 Å². The van der Waals surface area contributed by atoms with Crippen LogP contribution in [0.25, 0.3) is 0 Å². The van der Waals surface area contributed by atoms with Gasteiger partial charge in [0.15, 0.2) is 0 Å². The van der Waals surface area contributed by atoms with Crippen LogP contribution >= 0.6 is 11.6 Å². The fraction of sp³-hybridized carbons (Fsp3) is 0.429. The number of nitrogens with zero attached hydrogens (tertiary/aromatic N) is 2. The third kappa shape index (κ3) is 7.46. The molecule has 2 aromatic carbocycles. The van der Waals surface area contributed by atoms with Crippen LogP contribution in [0.3, 0.4) is 0 Å². The van der Waals surface area contributed by atoms with Gasteiger partial charge < -0.3 is 20.3 Å². The van der Waals surface area contributed by atoms with Gasteiger partial charge in [-0.05, 0) is 62.4 Å². The van der Waals surface area contributed by atoms with Crippen molar-refractivity contribution in [1.29, 1.82) is 5.26 Å². The van der Waals surface area contributed by atoms with Crippen molar-refractivity contribution >= 4 is 35.2 Å². The lowest BCUT2D eigenvalue weighted by Gasteiger charge is -2.30. The van der Waals surface area contributed by atoms with Crippen molar-refractivity contribution in [3.8, 4) is 6.07 Å². The average molecular weight is 525 g/mol. The maximum Gasteiger partial charge on any atom is 0.408 e. The van der Waals surface area contributed by atoms with Crippen molar-refractivity contribution in [2.24, 2.45) is 11.8 Å². The molecule has 1 heterocycles. The molecule has 0 saturated carbocycles. The molecule has 1 fully saturated rings. The van der Waals surface area contributed by atoms with Gasteiger partial charge in [-0.15, -0.1) is 0 Å². The maximum absolute atomic E-state index is 13.5. The number of carbonyl (C=O) groups is 3. The monoisotopic (exact) mass is 524 g/mol. The van der Waals surface area contributed by atoms with E-state index in [0.717, 1.165) is 0 Å². The predicted octanol–water partition coefficient (Wildman–Crippen LogP) is 5.10. The molecule has 0 radical (unpaired) electrons. The van der Waals surface area contributed by atoms with Gasteiger partial charge in [-0.3, -0.25) is 9.59 Å². The smallest absolute Gasteiger partial charge is 0.408 e. The first-order valence-electron chi connectivity index (χ1n) is 12.3. The Kier molecular flexibility index (Phi) is 9.17. The molecule has 9 heteroatoms.